The minimum atomic E-state index is 0.0943. The van der Waals surface area contributed by atoms with Crippen molar-refractivity contribution in [2.24, 2.45) is 0 Å². The highest BCUT2D eigenvalue weighted by Crippen LogP contribution is 2.17. The summed E-state index contributed by atoms with van der Waals surface area (Å²) in [7, 11) is 1.91. The Hall–Kier alpha value is -2.14. The van der Waals surface area contributed by atoms with E-state index in [2.05, 4.69) is 10.4 Å². The van der Waals surface area contributed by atoms with Gasteiger partial charge in [0.05, 0.1) is 11.4 Å². The lowest BCUT2D eigenvalue weighted by atomic mass is 10.0. The lowest BCUT2D eigenvalue weighted by Gasteiger charge is -2.31. The van der Waals surface area contributed by atoms with Crippen LogP contribution in [0.5, 0.6) is 0 Å². The second kappa shape index (κ2) is 6.54. The van der Waals surface area contributed by atoms with Crippen molar-refractivity contribution < 1.29 is 4.79 Å². The number of benzene rings is 1. The minimum absolute atomic E-state index is 0.0943. The maximum Gasteiger partial charge on any atom is 0.253 e. The monoisotopic (exact) mass is 312 g/mol. The molecule has 0 aliphatic carbocycles. The molecule has 1 fully saturated rings. The van der Waals surface area contributed by atoms with Gasteiger partial charge in [-0.25, -0.2) is 4.68 Å². The average Bonchev–Trinajstić information content (AvgIpc) is 2.93. The van der Waals surface area contributed by atoms with E-state index >= 15 is 0 Å². The van der Waals surface area contributed by atoms with Crippen LogP contribution in [0.2, 0.25) is 0 Å². The van der Waals surface area contributed by atoms with Crippen molar-refractivity contribution in [3.05, 3.63) is 47.3 Å². The van der Waals surface area contributed by atoms with Crippen LogP contribution in [0.1, 0.15) is 34.6 Å². The van der Waals surface area contributed by atoms with Crippen LogP contribution in [-0.4, -0.2) is 46.8 Å². The second-order valence-electron chi connectivity index (χ2n) is 6.28. The summed E-state index contributed by atoms with van der Waals surface area (Å²) in [6.07, 6.45) is 2.04. The molecule has 1 aliphatic heterocycles. The quantitative estimate of drug-likeness (QED) is 0.946. The molecule has 1 aromatic heterocycles. The second-order valence-corrected chi connectivity index (χ2v) is 6.28. The number of rotatable bonds is 3. The maximum atomic E-state index is 12.6. The Balaban J connectivity index is 1.76. The SMILES string of the molecule is Cc1cc(C)n(-c2ccc(C(=O)N(C)C3CCNCC3)cc2)n1. The highest BCUT2D eigenvalue weighted by atomic mass is 16.2. The summed E-state index contributed by atoms with van der Waals surface area (Å²) >= 11 is 0. The smallest absolute Gasteiger partial charge is 0.253 e. The summed E-state index contributed by atoms with van der Waals surface area (Å²) in [5.41, 5.74) is 3.80. The maximum absolute atomic E-state index is 12.6. The van der Waals surface area contributed by atoms with Gasteiger partial charge in [0.15, 0.2) is 0 Å². The topological polar surface area (TPSA) is 50.2 Å². The predicted octanol–water partition coefficient (Wildman–Crippen LogP) is 2.31. The van der Waals surface area contributed by atoms with E-state index in [1.807, 2.05) is 60.8 Å². The number of amides is 1. The molecular weight excluding hydrogens is 288 g/mol. The third-order valence-corrected chi connectivity index (χ3v) is 4.55. The highest BCUT2D eigenvalue weighted by Gasteiger charge is 2.22. The van der Waals surface area contributed by atoms with E-state index in [1.54, 1.807) is 0 Å². The van der Waals surface area contributed by atoms with Gasteiger partial charge >= 0.3 is 0 Å². The first-order valence-electron chi connectivity index (χ1n) is 8.18. The summed E-state index contributed by atoms with van der Waals surface area (Å²) < 4.78 is 1.90. The van der Waals surface area contributed by atoms with Gasteiger partial charge in [-0.1, -0.05) is 0 Å². The summed E-state index contributed by atoms with van der Waals surface area (Å²) in [6.45, 7) is 5.98. The molecule has 0 atom stereocenters. The molecule has 2 aromatic rings. The molecule has 122 valence electrons. The van der Waals surface area contributed by atoms with Crippen molar-refractivity contribution in [3.8, 4) is 5.69 Å². The van der Waals surface area contributed by atoms with Crippen molar-refractivity contribution in [3.63, 3.8) is 0 Å². The zero-order valence-electron chi connectivity index (χ0n) is 14.0. The van der Waals surface area contributed by atoms with Crippen LogP contribution in [0.15, 0.2) is 30.3 Å². The Bertz CT molecular complexity index is 684. The molecule has 3 rings (SSSR count). The number of aryl methyl sites for hydroxylation is 2. The van der Waals surface area contributed by atoms with Crippen molar-refractivity contribution in [2.75, 3.05) is 20.1 Å². The summed E-state index contributed by atoms with van der Waals surface area (Å²) in [6, 6.07) is 10.1. The molecule has 1 N–H and O–H groups in total. The van der Waals surface area contributed by atoms with Gasteiger partial charge in [-0.3, -0.25) is 4.79 Å². The van der Waals surface area contributed by atoms with Crippen molar-refractivity contribution in [2.45, 2.75) is 32.7 Å². The molecular formula is C18H24N4O. The number of carbonyl (C=O) groups is 1. The summed E-state index contributed by atoms with van der Waals surface area (Å²) in [4.78, 5) is 14.5. The third-order valence-electron chi connectivity index (χ3n) is 4.55. The lowest BCUT2D eigenvalue weighted by Crippen LogP contribution is -2.43. The lowest BCUT2D eigenvalue weighted by molar-refractivity contribution is 0.0703. The predicted molar refractivity (Wildman–Crippen MR) is 91.0 cm³/mol. The van der Waals surface area contributed by atoms with Crippen molar-refractivity contribution in [1.82, 2.24) is 20.0 Å². The molecule has 1 aromatic carbocycles. The fraction of sp³-hybridized carbons (Fsp3) is 0.444. The first kappa shape index (κ1) is 15.7. The average molecular weight is 312 g/mol. The van der Waals surface area contributed by atoms with E-state index in [9.17, 15) is 4.79 Å². The number of nitrogens with zero attached hydrogens (tertiary/aromatic N) is 3. The number of nitrogens with one attached hydrogen (secondary N) is 1. The molecule has 5 heteroatoms. The van der Waals surface area contributed by atoms with Gasteiger partial charge in [-0.05, 0) is 70.1 Å². The Morgan fingerprint density at radius 2 is 1.87 bits per heavy atom. The van der Waals surface area contributed by atoms with Gasteiger partial charge in [-0.2, -0.15) is 5.10 Å². The van der Waals surface area contributed by atoms with Gasteiger partial charge in [0, 0.05) is 24.3 Å². The highest BCUT2D eigenvalue weighted by molar-refractivity contribution is 5.94. The Labute approximate surface area is 137 Å². The largest absolute Gasteiger partial charge is 0.339 e. The minimum Gasteiger partial charge on any atom is -0.339 e. The van der Waals surface area contributed by atoms with E-state index in [1.165, 1.54) is 0 Å². The van der Waals surface area contributed by atoms with Crippen LogP contribution in [0.3, 0.4) is 0 Å². The molecule has 1 amide bonds. The fourth-order valence-electron chi connectivity index (χ4n) is 3.20. The van der Waals surface area contributed by atoms with E-state index in [0.717, 1.165) is 48.6 Å². The van der Waals surface area contributed by atoms with Crippen LogP contribution in [0.25, 0.3) is 5.69 Å². The summed E-state index contributed by atoms with van der Waals surface area (Å²) in [5, 5.41) is 7.81. The Morgan fingerprint density at radius 1 is 1.22 bits per heavy atom. The number of aromatic nitrogens is 2. The summed E-state index contributed by atoms with van der Waals surface area (Å²) in [5.74, 6) is 0.0943. The number of hydrogen-bond acceptors (Lipinski definition) is 3. The normalized spacial score (nSPS) is 15.6. The van der Waals surface area contributed by atoms with Crippen LogP contribution in [0.4, 0.5) is 0 Å². The van der Waals surface area contributed by atoms with E-state index in [4.69, 9.17) is 0 Å². The zero-order valence-corrected chi connectivity index (χ0v) is 14.0. The van der Waals surface area contributed by atoms with E-state index < -0.39 is 0 Å². The molecule has 0 radical (unpaired) electrons. The van der Waals surface area contributed by atoms with E-state index in [0.29, 0.717) is 6.04 Å². The van der Waals surface area contributed by atoms with Crippen LogP contribution >= 0.6 is 0 Å². The van der Waals surface area contributed by atoms with Crippen molar-refractivity contribution in [1.29, 1.82) is 0 Å². The first-order valence-corrected chi connectivity index (χ1v) is 8.18. The zero-order chi connectivity index (χ0) is 16.4. The van der Waals surface area contributed by atoms with Gasteiger partial charge in [0.1, 0.15) is 0 Å². The molecule has 0 unspecified atom stereocenters. The van der Waals surface area contributed by atoms with Crippen LogP contribution in [-0.2, 0) is 0 Å². The fourth-order valence-corrected chi connectivity index (χ4v) is 3.20. The first-order chi connectivity index (χ1) is 11.1. The molecule has 0 spiro atoms. The number of piperidine rings is 1. The number of hydrogen-bond donors (Lipinski definition) is 1. The molecule has 1 saturated heterocycles. The van der Waals surface area contributed by atoms with Gasteiger partial charge in [0.2, 0.25) is 0 Å². The molecule has 0 saturated carbocycles. The van der Waals surface area contributed by atoms with Crippen LogP contribution < -0.4 is 5.32 Å². The number of carbonyl (C=O) groups excluding carboxylic acids is 1. The molecule has 2 heterocycles. The Morgan fingerprint density at radius 3 is 2.43 bits per heavy atom. The van der Waals surface area contributed by atoms with Crippen molar-refractivity contribution >= 4 is 5.91 Å². The third kappa shape index (κ3) is 3.29. The van der Waals surface area contributed by atoms with Gasteiger partial charge in [-0.15, -0.1) is 0 Å². The standard InChI is InChI=1S/C18H24N4O/c1-13-12-14(2)22(20-13)17-6-4-15(5-7-17)18(23)21(3)16-8-10-19-11-9-16/h4-7,12,16,19H,8-11H2,1-3H3. The van der Waals surface area contributed by atoms with Gasteiger partial charge in [0.25, 0.3) is 5.91 Å². The molecule has 5 nitrogen and oxygen atoms in total. The Kier molecular flexibility index (Phi) is 4.48. The van der Waals surface area contributed by atoms with Gasteiger partial charge < -0.3 is 10.2 Å². The molecule has 0 bridgehead atoms. The molecule has 1 aliphatic rings. The molecule has 23 heavy (non-hydrogen) atoms. The van der Waals surface area contributed by atoms with Crippen LogP contribution in [0, 0.1) is 13.8 Å². The van der Waals surface area contributed by atoms with E-state index in [-0.39, 0.29) is 5.91 Å².